The number of nitrogens with one attached hydrogen (secondary N) is 1. The van der Waals surface area contributed by atoms with E-state index in [-0.39, 0.29) is 5.91 Å². The quantitative estimate of drug-likeness (QED) is 0.803. The molecule has 144 valence electrons. The van der Waals surface area contributed by atoms with Gasteiger partial charge < -0.3 is 15.0 Å². The Morgan fingerprint density at radius 2 is 1.96 bits per heavy atom. The van der Waals surface area contributed by atoms with E-state index in [9.17, 15) is 4.79 Å². The van der Waals surface area contributed by atoms with E-state index in [0.717, 1.165) is 50.7 Å². The third-order valence-corrected chi connectivity index (χ3v) is 4.50. The molecule has 1 aliphatic rings. The Morgan fingerprint density at radius 3 is 2.70 bits per heavy atom. The van der Waals surface area contributed by atoms with Gasteiger partial charge in [-0.3, -0.25) is 9.69 Å². The fourth-order valence-corrected chi connectivity index (χ4v) is 3.03. The van der Waals surface area contributed by atoms with Crippen LogP contribution in [0.4, 0.5) is 5.95 Å². The normalized spacial score (nSPS) is 14.7. The highest BCUT2D eigenvalue weighted by molar-refractivity contribution is 5.92. The number of hydrogen-bond acceptors (Lipinski definition) is 6. The maximum Gasteiger partial charge on any atom is 0.272 e. The van der Waals surface area contributed by atoms with Gasteiger partial charge in [0.1, 0.15) is 5.69 Å². The minimum Gasteiger partial charge on any atom is -0.379 e. The average molecular weight is 369 g/mol. The Bertz CT molecular complexity index is 747. The number of amides is 1. The first-order valence-electron chi connectivity index (χ1n) is 9.31. The molecule has 7 heteroatoms. The van der Waals surface area contributed by atoms with Crippen LogP contribution in [0.3, 0.4) is 0 Å². The summed E-state index contributed by atoms with van der Waals surface area (Å²) in [4.78, 5) is 25.6. The van der Waals surface area contributed by atoms with Crippen LogP contribution >= 0.6 is 0 Å². The van der Waals surface area contributed by atoms with Crippen molar-refractivity contribution >= 4 is 11.9 Å². The Balaban J connectivity index is 1.59. The van der Waals surface area contributed by atoms with Crippen molar-refractivity contribution in [1.29, 1.82) is 0 Å². The van der Waals surface area contributed by atoms with Crippen molar-refractivity contribution in [2.75, 3.05) is 51.8 Å². The largest absolute Gasteiger partial charge is 0.379 e. The molecular formula is C20H27N5O2. The van der Waals surface area contributed by atoms with Crippen molar-refractivity contribution in [3.05, 3.63) is 53.3 Å². The van der Waals surface area contributed by atoms with E-state index in [1.807, 2.05) is 37.3 Å². The maximum atomic E-state index is 12.8. The van der Waals surface area contributed by atoms with Crippen LogP contribution in [0.5, 0.6) is 0 Å². The van der Waals surface area contributed by atoms with Crippen LogP contribution in [-0.2, 0) is 11.3 Å². The molecule has 1 aliphatic heterocycles. The second-order valence-electron chi connectivity index (χ2n) is 6.75. The van der Waals surface area contributed by atoms with Gasteiger partial charge in [0.2, 0.25) is 5.95 Å². The highest BCUT2D eigenvalue weighted by atomic mass is 16.5. The minimum atomic E-state index is -0.111. The predicted octanol–water partition coefficient (Wildman–Crippen LogP) is 1.80. The first kappa shape index (κ1) is 19.3. The molecule has 1 aromatic carbocycles. The van der Waals surface area contributed by atoms with Gasteiger partial charge in [0, 0.05) is 45.5 Å². The molecule has 2 heterocycles. The zero-order valence-corrected chi connectivity index (χ0v) is 16.0. The first-order chi connectivity index (χ1) is 13.1. The monoisotopic (exact) mass is 369 g/mol. The molecule has 0 radical (unpaired) electrons. The molecular weight excluding hydrogens is 342 g/mol. The summed E-state index contributed by atoms with van der Waals surface area (Å²) in [5.41, 5.74) is 2.27. The lowest BCUT2D eigenvalue weighted by atomic mass is 10.2. The zero-order chi connectivity index (χ0) is 19.1. The molecule has 1 saturated heterocycles. The van der Waals surface area contributed by atoms with Gasteiger partial charge in [-0.2, -0.15) is 0 Å². The molecule has 1 aromatic heterocycles. The summed E-state index contributed by atoms with van der Waals surface area (Å²) in [7, 11) is 1.79. The highest BCUT2D eigenvalue weighted by Crippen LogP contribution is 2.10. The molecule has 0 unspecified atom stereocenters. The van der Waals surface area contributed by atoms with Crippen LogP contribution < -0.4 is 5.32 Å². The fourth-order valence-electron chi connectivity index (χ4n) is 3.03. The lowest BCUT2D eigenvalue weighted by Gasteiger charge is -2.26. The maximum absolute atomic E-state index is 12.8. The summed E-state index contributed by atoms with van der Waals surface area (Å²) < 4.78 is 5.36. The Labute approximate surface area is 160 Å². The number of carbonyl (C=O) groups excluding carboxylic acids is 1. The number of ether oxygens (including phenoxy) is 1. The molecule has 0 atom stereocenters. The number of aromatic nitrogens is 2. The number of hydrogen-bond donors (Lipinski definition) is 1. The fraction of sp³-hybridized carbons (Fsp3) is 0.450. The summed E-state index contributed by atoms with van der Waals surface area (Å²) >= 11 is 0. The zero-order valence-electron chi connectivity index (χ0n) is 16.0. The Kier molecular flexibility index (Phi) is 6.73. The van der Waals surface area contributed by atoms with E-state index >= 15 is 0 Å². The number of rotatable bonds is 7. The van der Waals surface area contributed by atoms with E-state index in [2.05, 4.69) is 20.2 Å². The minimum absolute atomic E-state index is 0.111. The summed E-state index contributed by atoms with van der Waals surface area (Å²) in [6, 6.07) is 11.7. The van der Waals surface area contributed by atoms with E-state index in [1.165, 1.54) is 0 Å². The SMILES string of the molecule is Cc1cc(C(=O)N(C)Cc2ccccc2)nc(NCCN2CCOCC2)n1. The topological polar surface area (TPSA) is 70.6 Å². The van der Waals surface area contributed by atoms with Crippen molar-refractivity contribution in [2.24, 2.45) is 0 Å². The molecule has 3 rings (SSSR count). The third kappa shape index (κ3) is 5.74. The van der Waals surface area contributed by atoms with Crippen molar-refractivity contribution < 1.29 is 9.53 Å². The number of aryl methyl sites for hydroxylation is 1. The Morgan fingerprint density at radius 1 is 1.22 bits per heavy atom. The lowest BCUT2D eigenvalue weighted by molar-refractivity contribution is 0.0398. The van der Waals surface area contributed by atoms with Gasteiger partial charge in [0.05, 0.1) is 13.2 Å². The van der Waals surface area contributed by atoms with Crippen LogP contribution in [0.1, 0.15) is 21.7 Å². The van der Waals surface area contributed by atoms with Gasteiger partial charge in [-0.05, 0) is 18.6 Å². The number of morpholine rings is 1. The summed E-state index contributed by atoms with van der Waals surface area (Å²) in [6.45, 7) is 7.52. The second kappa shape index (κ2) is 9.43. The third-order valence-electron chi connectivity index (χ3n) is 4.50. The van der Waals surface area contributed by atoms with Crippen molar-refractivity contribution in [3.63, 3.8) is 0 Å². The van der Waals surface area contributed by atoms with Crippen molar-refractivity contribution in [3.8, 4) is 0 Å². The number of carbonyl (C=O) groups is 1. The summed E-state index contributed by atoms with van der Waals surface area (Å²) in [5, 5.41) is 3.24. The van der Waals surface area contributed by atoms with Crippen LogP contribution in [0, 0.1) is 6.92 Å². The highest BCUT2D eigenvalue weighted by Gasteiger charge is 2.16. The number of anilines is 1. The molecule has 0 spiro atoms. The van der Waals surface area contributed by atoms with Crippen molar-refractivity contribution in [2.45, 2.75) is 13.5 Å². The molecule has 0 aliphatic carbocycles. The smallest absolute Gasteiger partial charge is 0.272 e. The van der Waals surface area contributed by atoms with Crippen LogP contribution in [0.2, 0.25) is 0 Å². The lowest BCUT2D eigenvalue weighted by Crippen LogP contribution is -2.39. The second-order valence-corrected chi connectivity index (χ2v) is 6.75. The summed E-state index contributed by atoms with van der Waals surface area (Å²) in [6.07, 6.45) is 0. The van der Waals surface area contributed by atoms with E-state index < -0.39 is 0 Å². The average Bonchev–Trinajstić information content (AvgIpc) is 2.68. The first-order valence-corrected chi connectivity index (χ1v) is 9.31. The Hall–Kier alpha value is -2.51. The molecule has 1 fully saturated rings. The van der Waals surface area contributed by atoms with Gasteiger partial charge in [-0.1, -0.05) is 30.3 Å². The van der Waals surface area contributed by atoms with E-state index in [0.29, 0.717) is 18.2 Å². The van der Waals surface area contributed by atoms with Gasteiger partial charge in [-0.15, -0.1) is 0 Å². The molecule has 2 aromatic rings. The van der Waals surface area contributed by atoms with Gasteiger partial charge in [0.25, 0.3) is 5.91 Å². The van der Waals surface area contributed by atoms with Crippen LogP contribution in [-0.4, -0.2) is 72.1 Å². The van der Waals surface area contributed by atoms with Gasteiger partial charge >= 0.3 is 0 Å². The molecule has 27 heavy (non-hydrogen) atoms. The van der Waals surface area contributed by atoms with Gasteiger partial charge in [0.15, 0.2) is 0 Å². The molecule has 7 nitrogen and oxygen atoms in total. The molecule has 0 bridgehead atoms. The molecule has 0 saturated carbocycles. The number of benzene rings is 1. The van der Waals surface area contributed by atoms with Crippen molar-refractivity contribution in [1.82, 2.24) is 19.8 Å². The predicted molar refractivity (Wildman–Crippen MR) is 105 cm³/mol. The van der Waals surface area contributed by atoms with E-state index in [1.54, 1.807) is 18.0 Å². The standard InChI is InChI=1S/C20H27N5O2/c1-16-14-18(19(26)24(2)15-17-6-4-3-5-7-17)23-20(22-16)21-8-9-25-10-12-27-13-11-25/h3-7,14H,8-13,15H2,1-2H3,(H,21,22,23). The molecule has 1 amide bonds. The van der Waals surface area contributed by atoms with Gasteiger partial charge in [-0.25, -0.2) is 9.97 Å². The van der Waals surface area contributed by atoms with E-state index in [4.69, 9.17) is 4.74 Å². The number of nitrogens with zero attached hydrogens (tertiary/aromatic N) is 4. The molecule has 1 N–H and O–H groups in total. The van der Waals surface area contributed by atoms with Crippen LogP contribution in [0.25, 0.3) is 0 Å². The van der Waals surface area contributed by atoms with Crippen LogP contribution in [0.15, 0.2) is 36.4 Å². The summed E-state index contributed by atoms with van der Waals surface area (Å²) in [5.74, 6) is 0.389.